The molecule has 0 aromatic heterocycles. The van der Waals surface area contributed by atoms with Gasteiger partial charge in [-0.25, -0.2) is 0 Å². The van der Waals surface area contributed by atoms with E-state index < -0.39 is 25.0 Å². The summed E-state index contributed by atoms with van der Waals surface area (Å²) in [5.41, 5.74) is 8.22. The monoisotopic (exact) mass is 205 g/mol. The highest BCUT2D eigenvalue weighted by molar-refractivity contribution is 4.76. The van der Waals surface area contributed by atoms with Crippen molar-refractivity contribution in [3.63, 3.8) is 0 Å². The Morgan fingerprint density at radius 3 is 2.36 bits per heavy atom. The van der Waals surface area contributed by atoms with Gasteiger partial charge in [0.2, 0.25) is 0 Å². The van der Waals surface area contributed by atoms with Crippen LogP contribution in [0.3, 0.4) is 0 Å². The predicted molar refractivity (Wildman–Crippen MR) is 48.4 cm³/mol. The van der Waals surface area contributed by atoms with Gasteiger partial charge in [-0.05, 0) is 5.53 Å². The van der Waals surface area contributed by atoms with Gasteiger partial charge in [-0.3, -0.25) is 0 Å². The molecule has 0 saturated carbocycles. The normalized spacial score (nSPS) is 14.9. The average Bonchev–Trinajstić information content (AvgIpc) is 2.23. The smallest absolute Gasteiger partial charge is 0.157 e. The number of rotatable bonds is 7. The van der Waals surface area contributed by atoms with Crippen LogP contribution in [0.1, 0.15) is 6.42 Å². The van der Waals surface area contributed by atoms with Crippen molar-refractivity contribution >= 4 is 0 Å². The van der Waals surface area contributed by atoms with E-state index in [0.717, 1.165) is 0 Å². The molecule has 0 amide bonds. The lowest BCUT2D eigenvalue weighted by Gasteiger charge is -2.20. The molecule has 0 unspecified atom stereocenters. The fourth-order valence-corrected chi connectivity index (χ4v) is 0.955. The molecule has 0 spiro atoms. The van der Waals surface area contributed by atoms with Gasteiger partial charge >= 0.3 is 0 Å². The number of hydrogen-bond donors (Lipinski definition) is 2. The Hall–Kier alpha value is -0.850. The Kier molecular flexibility index (Phi) is 7.09. The van der Waals surface area contributed by atoms with Crippen LogP contribution in [0, 0.1) is 0 Å². The zero-order valence-electron chi connectivity index (χ0n) is 8.20. The SMILES string of the molecule is COC(C[C@H](N=[N+]=[N-])[C@H](O)CO)OC. The third-order valence-electron chi connectivity index (χ3n) is 1.79. The van der Waals surface area contributed by atoms with Crippen molar-refractivity contribution in [1.29, 1.82) is 0 Å². The Bertz CT molecular complexity index is 191. The zero-order chi connectivity index (χ0) is 11.0. The maximum Gasteiger partial charge on any atom is 0.157 e. The Morgan fingerprint density at radius 1 is 1.43 bits per heavy atom. The zero-order valence-corrected chi connectivity index (χ0v) is 8.20. The molecule has 0 aliphatic carbocycles. The number of methoxy groups -OCH3 is 2. The number of hydrogen-bond acceptors (Lipinski definition) is 5. The summed E-state index contributed by atoms with van der Waals surface area (Å²) in [6.07, 6.45) is -1.47. The number of aliphatic hydroxyl groups excluding tert-OH is 2. The van der Waals surface area contributed by atoms with Crippen molar-refractivity contribution in [2.24, 2.45) is 5.11 Å². The molecule has 0 aromatic carbocycles. The van der Waals surface area contributed by atoms with E-state index in [9.17, 15) is 5.11 Å². The Labute approximate surface area is 81.9 Å². The molecule has 0 heterocycles. The number of ether oxygens (including phenoxy) is 2. The van der Waals surface area contributed by atoms with Crippen molar-refractivity contribution in [3.8, 4) is 0 Å². The lowest BCUT2D eigenvalue weighted by atomic mass is 10.1. The van der Waals surface area contributed by atoms with Crippen LogP contribution in [0.2, 0.25) is 0 Å². The molecule has 0 radical (unpaired) electrons. The van der Waals surface area contributed by atoms with E-state index in [1.54, 1.807) is 0 Å². The Balaban J connectivity index is 4.27. The summed E-state index contributed by atoms with van der Waals surface area (Å²) in [5.74, 6) is 0. The highest BCUT2D eigenvalue weighted by Crippen LogP contribution is 2.10. The summed E-state index contributed by atoms with van der Waals surface area (Å²) in [6, 6.07) is -0.755. The van der Waals surface area contributed by atoms with E-state index in [0.29, 0.717) is 0 Å². The molecule has 7 nitrogen and oxygen atoms in total. The first-order valence-electron chi connectivity index (χ1n) is 4.08. The van der Waals surface area contributed by atoms with E-state index in [4.69, 9.17) is 20.1 Å². The molecule has 0 saturated heterocycles. The van der Waals surface area contributed by atoms with Crippen LogP contribution in [0.15, 0.2) is 5.11 Å². The molecule has 0 aliphatic heterocycles. The number of nitrogens with zero attached hydrogens (tertiary/aromatic N) is 3. The van der Waals surface area contributed by atoms with E-state index in [1.165, 1.54) is 14.2 Å². The van der Waals surface area contributed by atoms with E-state index in [-0.39, 0.29) is 6.42 Å². The summed E-state index contributed by atoms with van der Waals surface area (Å²) in [4.78, 5) is 2.57. The summed E-state index contributed by atoms with van der Waals surface area (Å²) >= 11 is 0. The van der Waals surface area contributed by atoms with Gasteiger partial charge < -0.3 is 19.7 Å². The molecule has 0 bridgehead atoms. The summed E-state index contributed by atoms with van der Waals surface area (Å²) in [6.45, 7) is -0.468. The van der Waals surface area contributed by atoms with Crippen molar-refractivity contribution in [2.45, 2.75) is 24.9 Å². The van der Waals surface area contributed by atoms with Crippen molar-refractivity contribution in [3.05, 3.63) is 10.4 Å². The van der Waals surface area contributed by atoms with Crippen LogP contribution >= 0.6 is 0 Å². The first-order valence-corrected chi connectivity index (χ1v) is 4.08. The fourth-order valence-electron chi connectivity index (χ4n) is 0.955. The fraction of sp³-hybridized carbons (Fsp3) is 1.00. The van der Waals surface area contributed by atoms with Gasteiger partial charge in [0.1, 0.15) is 0 Å². The molecule has 0 fully saturated rings. The van der Waals surface area contributed by atoms with Crippen LogP contribution in [0.4, 0.5) is 0 Å². The minimum absolute atomic E-state index is 0.193. The molecule has 14 heavy (non-hydrogen) atoms. The van der Waals surface area contributed by atoms with Gasteiger partial charge in [0.05, 0.1) is 18.8 Å². The minimum atomic E-state index is -1.10. The van der Waals surface area contributed by atoms with Crippen molar-refractivity contribution < 1.29 is 19.7 Å². The van der Waals surface area contributed by atoms with Crippen molar-refractivity contribution in [2.75, 3.05) is 20.8 Å². The molecular formula is C7H15N3O4. The lowest BCUT2D eigenvalue weighted by Crippen LogP contribution is -2.32. The highest BCUT2D eigenvalue weighted by atomic mass is 16.7. The first kappa shape index (κ1) is 13.2. The summed E-state index contributed by atoms with van der Waals surface area (Å²) < 4.78 is 9.75. The van der Waals surface area contributed by atoms with Crippen LogP contribution < -0.4 is 0 Å². The minimum Gasteiger partial charge on any atom is -0.394 e. The van der Waals surface area contributed by atoms with E-state index >= 15 is 0 Å². The van der Waals surface area contributed by atoms with E-state index in [1.807, 2.05) is 0 Å². The second kappa shape index (κ2) is 7.54. The molecular weight excluding hydrogens is 190 g/mol. The van der Waals surface area contributed by atoms with Gasteiger partial charge in [0.25, 0.3) is 0 Å². The molecule has 7 heteroatoms. The summed E-state index contributed by atoms with van der Waals surface area (Å²) in [7, 11) is 2.87. The quantitative estimate of drug-likeness (QED) is 0.264. The van der Waals surface area contributed by atoms with Gasteiger partial charge in [-0.2, -0.15) is 0 Å². The average molecular weight is 205 g/mol. The first-order chi connectivity index (χ1) is 6.69. The largest absolute Gasteiger partial charge is 0.394 e. The van der Waals surface area contributed by atoms with Crippen LogP contribution in [-0.4, -0.2) is 49.5 Å². The maximum absolute atomic E-state index is 9.26. The molecule has 82 valence electrons. The van der Waals surface area contributed by atoms with E-state index in [2.05, 4.69) is 10.0 Å². The predicted octanol–water partition coefficient (Wildman–Crippen LogP) is 0.0275. The van der Waals surface area contributed by atoms with Gasteiger partial charge in [-0.15, -0.1) is 0 Å². The van der Waals surface area contributed by atoms with Gasteiger partial charge in [0.15, 0.2) is 6.29 Å². The second-order valence-electron chi connectivity index (χ2n) is 2.66. The third-order valence-corrected chi connectivity index (χ3v) is 1.79. The number of aliphatic hydroxyl groups is 2. The molecule has 0 aliphatic rings. The maximum atomic E-state index is 9.26. The second-order valence-corrected chi connectivity index (χ2v) is 2.66. The summed E-state index contributed by atoms with van der Waals surface area (Å²) in [5, 5.41) is 21.3. The highest BCUT2D eigenvalue weighted by Gasteiger charge is 2.21. The molecule has 2 atom stereocenters. The van der Waals surface area contributed by atoms with Gasteiger partial charge in [0, 0.05) is 25.6 Å². The van der Waals surface area contributed by atoms with Gasteiger partial charge in [-0.1, -0.05) is 5.11 Å². The standard InChI is InChI=1S/C7H15N3O4/c1-13-7(14-2)3-5(9-10-8)6(12)4-11/h5-7,11-12H,3-4H2,1-2H3/t5-,6+/m0/s1. The topological polar surface area (TPSA) is 108 Å². The lowest BCUT2D eigenvalue weighted by molar-refractivity contribution is -0.115. The Morgan fingerprint density at radius 2 is 2.00 bits per heavy atom. The molecule has 2 N–H and O–H groups in total. The number of azide groups is 1. The molecule has 0 rings (SSSR count). The van der Waals surface area contributed by atoms with Crippen molar-refractivity contribution in [1.82, 2.24) is 0 Å². The van der Waals surface area contributed by atoms with Crippen LogP contribution in [0.25, 0.3) is 10.4 Å². The van der Waals surface area contributed by atoms with Crippen LogP contribution in [-0.2, 0) is 9.47 Å². The van der Waals surface area contributed by atoms with Crippen LogP contribution in [0.5, 0.6) is 0 Å². The third kappa shape index (κ3) is 4.40. The molecule has 0 aromatic rings.